The molecule has 0 unspecified atom stereocenters. The van der Waals surface area contributed by atoms with Gasteiger partial charge in [0.15, 0.2) is 0 Å². The van der Waals surface area contributed by atoms with E-state index in [-0.39, 0.29) is 0 Å². The predicted octanol–water partition coefficient (Wildman–Crippen LogP) is 5.00. The molecule has 0 atom stereocenters. The molecule has 0 aliphatic heterocycles. The Morgan fingerprint density at radius 2 is 1.25 bits per heavy atom. The fourth-order valence-corrected chi connectivity index (χ4v) is 5.35. The van der Waals surface area contributed by atoms with E-state index in [4.69, 9.17) is 0 Å². The fourth-order valence-electron chi connectivity index (χ4n) is 1.10. The van der Waals surface area contributed by atoms with Crippen molar-refractivity contribution in [2.45, 2.75) is 20.8 Å². The van der Waals surface area contributed by atoms with Gasteiger partial charge in [0.1, 0.15) is 4.17 Å². The molecule has 0 saturated carbocycles. The lowest BCUT2D eigenvalue weighted by Crippen LogP contribution is -1.81. The Bertz CT molecular complexity index is 161. The zero-order valence-corrected chi connectivity index (χ0v) is 11.0. The molecule has 0 aromatic carbocycles. The summed E-state index contributed by atoms with van der Waals surface area (Å²) in [6.07, 6.45) is 6.48. The maximum Gasteiger partial charge on any atom is 0.122 e. The lowest BCUT2D eigenvalue weighted by Gasteiger charge is -2.10. The highest BCUT2D eigenvalue weighted by Crippen LogP contribution is 2.64. The zero-order chi connectivity index (χ0) is 9.45. The van der Waals surface area contributed by atoms with Crippen LogP contribution in [-0.4, -0.2) is 4.17 Å². The molecule has 2 heteroatoms. The summed E-state index contributed by atoms with van der Waals surface area (Å²) in [6.45, 7) is 6.27. The van der Waals surface area contributed by atoms with Crippen molar-refractivity contribution in [1.82, 2.24) is 0 Å². The van der Waals surface area contributed by atoms with Crippen molar-refractivity contribution < 1.29 is 0 Å². The normalized spacial score (nSPS) is 18.0. The van der Waals surface area contributed by atoms with Crippen LogP contribution in [0.5, 0.6) is 0 Å². The molecule has 12 heavy (non-hydrogen) atoms. The molecule has 0 rings (SSSR count). The summed E-state index contributed by atoms with van der Waals surface area (Å²) in [5, 5.41) is 0. The molecule has 0 aliphatic carbocycles. The largest absolute Gasteiger partial charge is 0.122 e. The Balaban J connectivity index is 4.74. The van der Waals surface area contributed by atoms with Gasteiger partial charge in [-0.3, -0.25) is 0 Å². The Morgan fingerprint density at radius 1 is 0.917 bits per heavy atom. The van der Waals surface area contributed by atoms with E-state index in [9.17, 15) is 0 Å². The van der Waals surface area contributed by atoms with Gasteiger partial charge in [0, 0.05) is 0 Å². The van der Waals surface area contributed by atoms with Gasteiger partial charge in [-0.15, -0.1) is 0 Å². The highest BCUT2D eigenvalue weighted by Gasteiger charge is 2.26. The first kappa shape index (κ1) is 12.4. The van der Waals surface area contributed by atoms with Crippen molar-refractivity contribution in [3.05, 3.63) is 35.7 Å². The van der Waals surface area contributed by atoms with E-state index in [0.717, 1.165) is 0 Å². The summed E-state index contributed by atoms with van der Waals surface area (Å²) in [6, 6.07) is 0. The van der Waals surface area contributed by atoms with Crippen molar-refractivity contribution >= 4 is 29.9 Å². The summed E-state index contributed by atoms with van der Waals surface area (Å²) in [4.78, 5) is 0. The molecular formula is C10H17IP+. The van der Waals surface area contributed by atoms with Crippen LogP contribution in [0.3, 0.4) is 0 Å². The van der Waals surface area contributed by atoms with Crippen LogP contribution in [0.25, 0.3) is 0 Å². The van der Waals surface area contributed by atoms with Gasteiger partial charge in [-0.1, -0.05) is 18.2 Å². The first-order valence-corrected chi connectivity index (χ1v) is 7.80. The second kappa shape index (κ2) is 6.85. The Hall–Kier alpha value is 0.380. The van der Waals surface area contributed by atoms with Crippen LogP contribution in [0.1, 0.15) is 20.8 Å². The monoisotopic (exact) mass is 295 g/mol. The molecule has 0 bridgehead atoms. The average molecular weight is 295 g/mol. The summed E-state index contributed by atoms with van der Waals surface area (Å²) in [7, 11) is -1.03. The molecule has 0 amide bonds. The van der Waals surface area contributed by atoms with Gasteiger partial charge in [0.05, 0.1) is 24.7 Å². The zero-order valence-electron chi connectivity index (χ0n) is 8.00. The molecule has 0 heterocycles. The van der Waals surface area contributed by atoms with Crippen molar-refractivity contribution in [2.24, 2.45) is 0 Å². The van der Waals surface area contributed by atoms with Gasteiger partial charge >= 0.3 is 0 Å². The summed E-state index contributed by atoms with van der Waals surface area (Å²) in [5.74, 6) is 7.04. The van der Waals surface area contributed by atoms with E-state index in [1.807, 2.05) is 0 Å². The van der Waals surface area contributed by atoms with Crippen LogP contribution in [0.2, 0.25) is 0 Å². The molecule has 0 fully saturated rings. The molecule has 0 radical (unpaired) electrons. The third-order valence-corrected chi connectivity index (χ3v) is 8.01. The molecular weight excluding hydrogens is 278 g/mol. The molecule has 0 aromatic heterocycles. The van der Waals surface area contributed by atoms with Gasteiger partial charge < -0.3 is 0 Å². The third kappa shape index (κ3) is 3.86. The van der Waals surface area contributed by atoms with Crippen LogP contribution >= 0.6 is 29.9 Å². The minimum atomic E-state index is -1.03. The number of rotatable bonds is 4. The number of hydrogen-bond donors (Lipinski definition) is 0. The first-order valence-electron chi connectivity index (χ1n) is 4.09. The minimum absolute atomic E-state index is 1.03. The smallest absolute Gasteiger partial charge is 0.0519 e. The van der Waals surface area contributed by atoms with E-state index in [0.29, 0.717) is 0 Å². The van der Waals surface area contributed by atoms with Crippen LogP contribution < -0.4 is 0 Å². The minimum Gasteiger partial charge on any atom is -0.0519 e. The lowest BCUT2D eigenvalue weighted by molar-refractivity contribution is 1.74. The first-order chi connectivity index (χ1) is 5.74. The lowest BCUT2D eigenvalue weighted by atomic mass is 10.8. The summed E-state index contributed by atoms with van der Waals surface area (Å²) < 4.78 is 1.20. The Labute approximate surface area is 90.3 Å². The highest BCUT2D eigenvalue weighted by atomic mass is 127. The SMILES string of the molecule is CC=C[P+](C=CC)(C=CC)CI. The van der Waals surface area contributed by atoms with E-state index >= 15 is 0 Å². The molecule has 0 spiro atoms. The van der Waals surface area contributed by atoms with Crippen LogP contribution in [-0.2, 0) is 0 Å². The molecule has 0 nitrogen and oxygen atoms in total. The number of allylic oxidation sites excluding steroid dienone is 3. The van der Waals surface area contributed by atoms with Gasteiger partial charge in [-0.05, 0) is 43.4 Å². The van der Waals surface area contributed by atoms with Gasteiger partial charge in [0.25, 0.3) is 0 Å². The predicted molar refractivity (Wildman–Crippen MR) is 70.2 cm³/mol. The van der Waals surface area contributed by atoms with E-state index in [2.05, 4.69) is 79.0 Å². The Kier molecular flexibility index (Phi) is 7.07. The summed E-state index contributed by atoms with van der Waals surface area (Å²) >= 11 is 2.47. The van der Waals surface area contributed by atoms with Crippen molar-refractivity contribution in [1.29, 1.82) is 0 Å². The molecule has 68 valence electrons. The molecule has 0 saturated heterocycles. The highest BCUT2D eigenvalue weighted by molar-refractivity contribution is 14.1. The molecule has 0 N–H and O–H groups in total. The summed E-state index contributed by atoms with van der Waals surface area (Å²) in [5.41, 5.74) is 0. The van der Waals surface area contributed by atoms with Crippen molar-refractivity contribution in [3.63, 3.8) is 0 Å². The maximum atomic E-state index is 2.47. The van der Waals surface area contributed by atoms with Gasteiger partial charge in [-0.25, -0.2) is 0 Å². The van der Waals surface area contributed by atoms with Crippen LogP contribution in [0.4, 0.5) is 0 Å². The Morgan fingerprint density at radius 3 is 1.42 bits per heavy atom. The van der Waals surface area contributed by atoms with Gasteiger partial charge in [-0.2, -0.15) is 0 Å². The third-order valence-electron chi connectivity index (χ3n) is 1.49. The van der Waals surface area contributed by atoms with E-state index in [1.165, 1.54) is 4.17 Å². The van der Waals surface area contributed by atoms with Crippen LogP contribution in [0, 0.1) is 0 Å². The molecule has 0 aliphatic rings. The second-order valence-electron chi connectivity index (χ2n) is 2.56. The maximum absolute atomic E-state index is 2.47. The quantitative estimate of drug-likeness (QED) is 0.389. The van der Waals surface area contributed by atoms with Gasteiger partial charge in [0.2, 0.25) is 0 Å². The van der Waals surface area contributed by atoms with Crippen molar-refractivity contribution in [3.8, 4) is 0 Å². The average Bonchev–Trinajstić information content (AvgIpc) is 2.06. The number of halogens is 1. The van der Waals surface area contributed by atoms with Crippen LogP contribution in [0.15, 0.2) is 35.7 Å². The van der Waals surface area contributed by atoms with E-state index < -0.39 is 7.26 Å². The van der Waals surface area contributed by atoms with Crippen molar-refractivity contribution in [2.75, 3.05) is 4.17 Å². The number of hydrogen-bond acceptors (Lipinski definition) is 0. The second-order valence-corrected chi connectivity index (χ2v) is 7.73. The topological polar surface area (TPSA) is 0 Å². The fraction of sp³-hybridized carbons (Fsp3) is 0.400. The van der Waals surface area contributed by atoms with E-state index in [1.54, 1.807) is 0 Å². The number of alkyl halides is 1. The molecule has 0 aromatic rings. The standard InChI is InChI=1S/C10H17IP/c1-4-7-12(10-11,8-5-2)9-6-3/h4-9H,10H2,1-3H3/q+1.